The molecule has 1 aliphatic heterocycles. The largest absolute Gasteiger partial charge is 0.366 e. The summed E-state index contributed by atoms with van der Waals surface area (Å²) in [6, 6.07) is 4.83. The van der Waals surface area contributed by atoms with Crippen molar-refractivity contribution in [3.63, 3.8) is 0 Å². The van der Waals surface area contributed by atoms with E-state index in [4.69, 9.17) is 0 Å². The maximum Gasteiger partial charge on any atom is 0.294 e. The van der Waals surface area contributed by atoms with Gasteiger partial charge in [-0.2, -0.15) is 0 Å². The summed E-state index contributed by atoms with van der Waals surface area (Å²) in [5.74, 6) is -0.297. The molecular weight excluding hydrogens is 358 g/mol. The Morgan fingerprint density at radius 2 is 1.75 bits per heavy atom. The molecule has 1 aromatic carbocycles. The third-order valence-corrected chi connectivity index (χ3v) is 6.26. The van der Waals surface area contributed by atoms with Gasteiger partial charge in [-0.3, -0.25) is 19.7 Å². The van der Waals surface area contributed by atoms with Gasteiger partial charge in [0, 0.05) is 19.2 Å². The SMILES string of the molecule is CCCN(CC1CC1)c1ccc(N2C(=O)[C@H]3CCCC[C@@H]3C2=O)cc1[N+](=O)[O-]. The van der Waals surface area contributed by atoms with Crippen LogP contribution >= 0.6 is 0 Å². The molecular formula is C21H27N3O4. The summed E-state index contributed by atoms with van der Waals surface area (Å²) < 4.78 is 0. The number of carbonyl (C=O) groups excluding carboxylic acids is 2. The number of imide groups is 1. The smallest absolute Gasteiger partial charge is 0.294 e. The van der Waals surface area contributed by atoms with Crippen molar-refractivity contribution in [2.45, 2.75) is 51.9 Å². The van der Waals surface area contributed by atoms with Crippen LogP contribution in [0.3, 0.4) is 0 Å². The molecule has 0 spiro atoms. The van der Waals surface area contributed by atoms with Gasteiger partial charge < -0.3 is 4.90 Å². The fourth-order valence-electron chi connectivity index (χ4n) is 4.67. The van der Waals surface area contributed by atoms with E-state index in [1.54, 1.807) is 12.1 Å². The Morgan fingerprint density at radius 1 is 1.11 bits per heavy atom. The van der Waals surface area contributed by atoms with E-state index < -0.39 is 4.92 Å². The predicted molar refractivity (Wildman–Crippen MR) is 106 cm³/mol. The average Bonchev–Trinajstić information content (AvgIpc) is 3.47. The van der Waals surface area contributed by atoms with Gasteiger partial charge in [0.25, 0.3) is 5.69 Å². The highest BCUT2D eigenvalue weighted by Crippen LogP contribution is 2.42. The molecule has 2 saturated carbocycles. The highest BCUT2D eigenvalue weighted by Gasteiger charge is 2.49. The lowest BCUT2D eigenvalue weighted by molar-refractivity contribution is -0.384. The van der Waals surface area contributed by atoms with E-state index >= 15 is 0 Å². The molecule has 1 saturated heterocycles. The molecule has 0 bridgehead atoms. The van der Waals surface area contributed by atoms with Gasteiger partial charge in [-0.25, -0.2) is 4.90 Å². The molecule has 3 aliphatic rings. The van der Waals surface area contributed by atoms with E-state index in [1.807, 2.05) is 0 Å². The Morgan fingerprint density at radius 3 is 2.29 bits per heavy atom. The number of carbonyl (C=O) groups is 2. The summed E-state index contributed by atoms with van der Waals surface area (Å²) in [4.78, 5) is 40.3. The van der Waals surface area contributed by atoms with E-state index in [1.165, 1.54) is 23.8 Å². The molecule has 2 amide bonds. The van der Waals surface area contributed by atoms with Crippen LogP contribution in [0.25, 0.3) is 0 Å². The number of rotatable bonds is 7. The lowest BCUT2D eigenvalue weighted by atomic mass is 9.81. The standard InChI is InChI=1S/C21H27N3O4/c1-2-11-22(13-14-7-8-14)18-10-9-15(12-19(18)24(27)28)23-20(25)16-5-3-4-6-17(16)21(23)26/h9-10,12,14,16-17H,2-8,11,13H2,1H3/t16-,17-/m0/s1. The van der Waals surface area contributed by atoms with E-state index in [0.717, 1.165) is 45.2 Å². The van der Waals surface area contributed by atoms with Crippen LogP contribution in [0.4, 0.5) is 17.1 Å². The van der Waals surface area contributed by atoms with Gasteiger partial charge >= 0.3 is 0 Å². The third kappa shape index (κ3) is 3.38. The quantitative estimate of drug-likeness (QED) is 0.404. The first-order chi connectivity index (χ1) is 13.5. The minimum atomic E-state index is -0.396. The fraction of sp³-hybridized carbons (Fsp3) is 0.619. The maximum absolute atomic E-state index is 12.8. The topological polar surface area (TPSA) is 83.8 Å². The zero-order valence-corrected chi connectivity index (χ0v) is 16.3. The molecule has 1 heterocycles. The molecule has 2 atom stereocenters. The van der Waals surface area contributed by atoms with Crippen LogP contribution < -0.4 is 9.80 Å². The van der Waals surface area contributed by atoms with Crippen molar-refractivity contribution >= 4 is 28.9 Å². The Balaban J connectivity index is 1.67. The van der Waals surface area contributed by atoms with Crippen molar-refractivity contribution < 1.29 is 14.5 Å². The summed E-state index contributed by atoms with van der Waals surface area (Å²) in [5, 5.41) is 11.8. The van der Waals surface area contributed by atoms with Gasteiger partial charge in [0.2, 0.25) is 11.8 Å². The highest BCUT2D eigenvalue weighted by atomic mass is 16.6. The minimum Gasteiger partial charge on any atom is -0.366 e. The van der Waals surface area contributed by atoms with Gasteiger partial charge in [-0.05, 0) is 50.2 Å². The van der Waals surface area contributed by atoms with Crippen LogP contribution in [-0.4, -0.2) is 29.8 Å². The third-order valence-electron chi connectivity index (χ3n) is 6.26. The number of hydrogen-bond acceptors (Lipinski definition) is 5. The molecule has 0 N–H and O–H groups in total. The maximum atomic E-state index is 12.8. The first kappa shape index (κ1) is 18.9. The number of anilines is 2. The number of benzene rings is 1. The van der Waals surface area contributed by atoms with Crippen LogP contribution in [0.5, 0.6) is 0 Å². The zero-order valence-electron chi connectivity index (χ0n) is 16.3. The van der Waals surface area contributed by atoms with Crippen molar-refractivity contribution in [1.29, 1.82) is 0 Å². The first-order valence-corrected chi connectivity index (χ1v) is 10.4. The number of fused-ring (bicyclic) bond motifs is 1. The van der Waals surface area contributed by atoms with E-state index in [2.05, 4.69) is 11.8 Å². The molecule has 2 aliphatic carbocycles. The van der Waals surface area contributed by atoms with Crippen LogP contribution in [-0.2, 0) is 9.59 Å². The second-order valence-corrected chi connectivity index (χ2v) is 8.33. The van der Waals surface area contributed by atoms with E-state index in [9.17, 15) is 19.7 Å². The van der Waals surface area contributed by atoms with Crippen molar-refractivity contribution in [2.75, 3.05) is 22.9 Å². The lowest BCUT2D eigenvalue weighted by Crippen LogP contribution is -2.31. The monoisotopic (exact) mass is 385 g/mol. The molecule has 0 unspecified atom stereocenters. The summed E-state index contributed by atoms with van der Waals surface area (Å²) in [5.41, 5.74) is 0.892. The normalized spacial score (nSPS) is 24.4. The van der Waals surface area contributed by atoms with Gasteiger partial charge in [0.1, 0.15) is 5.69 Å². The highest BCUT2D eigenvalue weighted by molar-refractivity contribution is 6.22. The number of amides is 2. The minimum absolute atomic E-state index is 0.0259. The second-order valence-electron chi connectivity index (χ2n) is 8.33. The van der Waals surface area contributed by atoms with Crippen molar-refractivity contribution in [2.24, 2.45) is 17.8 Å². The van der Waals surface area contributed by atoms with Crippen LogP contribution in [0, 0.1) is 27.9 Å². The summed E-state index contributed by atoms with van der Waals surface area (Å²) in [6.45, 7) is 3.63. The van der Waals surface area contributed by atoms with Crippen molar-refractivity contribution in [3.05, 3.63) is 28.3 Å². The Hall–Kier alpha value is -2.44. The van der Waals surface area contributed by atoms with Gasteiger partial charge in [-0.1, -0.05) is 19.8 Å². The van der Waals surface area contributed by atoms with Gasteiger partial charge in [-0.15, -0.1) is 0 Å². The van der Waals surface area contributed by atoms with Crippen LogP contribution in [0.1, 0.15) is 51.9 Å². The molecule has 0 radical (unpaired) electrons. The van der Waals surface area contributed by atoms with E-state index in [0.29, 0.717) is 17.3 Å². The Labute approximate surface area is 164 Å². The summed E-state index contributed by atoms with van der Waals surface area (Å²) in [7, 11) is 0. The van der Waals surface area contributed by atoms with Crippen LogP contribution in [0.2, 0.25) is 0 Å². The predicted octanol–water partition coefficient (Wildman–Crippen LogP) is 3.90. The molecule has 0 aromatic heterocycles. The van der Waals surface area contributed by atoms with E-state index in [-0.39, 0.29) is 29.3 Å². The molecule has 150 valence electrons. The van der Waals surface area contributed by atoms with Gasteiger partial charge in [0.15, 0.2) is 0 Å². The number of nitrogens with zero attached hydrogens (tertiary/aromatic N) is 3. The zero-order chi connectivity index (χ0) is 19.8. The molecule has 3 fully saturated rings. The number of nitro groups is 1. The fourth-order valence-corrected chi connectivity index (χ4v) is 4.67. The van der Waals surface area contributed by atoms with Crippen molar-refractivity contribution in [3.8, 4) is 0 Å². The second kappa shape index (κ2) is 7.53. The van der Waals surface area contributed by atoms with Crippen LogP contribution in [0.15, 0.2) is 18.2 Å². The molecule has 28 heavy (non-hydrogen) atoms. The average molecular weight is 385 g/mol. The van der Waals surface area contributed by atoms with Gasteiger partial charge in [0.05, 0.1) is 22.4 Å². The number of hydrogen-bond donors (Lipinski definition) is 0. The van der Waals surface area contributed by atoms with Crippen molar-refractivity contribution in [1.82, 2.24) is 0 Å². The number of nitro benzene ring substituents is 1. The Kier molecular flexibility index (Phi) is 5.08. The molecule has 7 nitrogen and oxygen atoms in total. The molecule has 7 heteroatoms. The summed E-state index contributed by atoms with van der Waals surface area (Å²) in [6.07, 6.45) is 6.63. The first-order valence-electron chi connectivity index (χ1n) is 10.4. The molecule has 4 rings (SSSR count). The lowest BCUT2D eigenvalue weighted by Gasteiger charge is -2.25. The summed E-state index contributed by atoms with van der Waals surface area (Å²) >= 11 is 0. The molecule has 1 aromatic rings. The Bertz CT molecular complexity index is 781.